The Morgan fingerprint density at radius 3 is 2.42 bits per heavy atom. The monoisotopic (exact) mass is 338 g/mol. The van der Waals surface area contributed by atoms with Gasteiger partial charge >= 0.3 is 6.03 Å². The molecule has 2 atom stereocenters. The van der Waals surface area contributed by atoms with Crippen molar-refractivity contribution in [3.05, 3.63) is 65.0 Å². The van der Waals surface area contributed by atoms with Crippen molar-refractivity contribution < 1.29 is 23.1 Å². The van der Waals surface area contributed by atoms with E-state index in [-0.39, 0.29) is 5.56 Å². The molecule has 0 heterocycles. The van der Waals surface area contributed by atoms with Crippen LogP contribution in [-0.2, 0) is 0 Å². The highest BCUT2D eigenvalue weighted by Gasteiger charge is 2.20. The Labute approximate surface area is 137 Å². The van der Waals surface area contributed by atoms with Gasteiger partial charge < -0.3 is 15.7 Å². The van der Waals surface area contributed by atoms with Crippen molar-refractivity contribution in [1.82, 2.24) is 5.32 Å². The summed E-state index contributed by atoms with van der Waals surface area (Å²) in [6, 6.07) is 5.54. The van der Waals surface area contributed by atoms with Crippen LogP contribution in [0.4, 0.5) is 23.7 Å². The lowest BCUT2D eigenvalue weighted by molar-refractivity contribution is 0.138. The maximum Gasteiger partial charge on any atom is 0.319 e. The molecule has 2 unspecified atom stereocenters. The van der Waals surface area contributed by atoms with Crippen LogP contribution in [0.3, 0.4) is 0 Å². The number of aliphatic hydroxyl groups is 1. The molecule has 0 radical (unpaired) electrons. The molecule has 0 aliphatic rings. The third-order valence-corrected chi connectivity index (χ3v) is 3.55. The van der Waals surface area contributed by atoms with E-state index in [1.54, 1.807) is 6.92 Å². The summed E-state index contributed by atoms with van der Waals surface area (Å²) in [5.41, 5.74) is 1.10. The molecule has 0 aromatic heterocycles. The SMILES string of the molecule is Cc1cc(F)ccc1NC(=O)NC(C)C(O)c1ccc(F)c(F)c1. The van der Waals surface area contributed by atoms with E-state index >= 15 is 0 Å². The van der Waals surface area contributed by atoms with Crippen LogP contribution in [0.5, 0.6) is 0 Å². The van der Waals surface area contributed by atoms with Gasteiger partial charge in [-0.15, -0.1) is 0 Å². The van der Waals surface area contributed by atoms with Crippen molar-refractivity contribution in [1.29, 1.82) is 0 Å². The normalized spacial score (nSPS) is 13.2. The number of carbonyl (C=O) groups excluding carboxylic acids is 1. The zero-order valence-electron chi connectivity index (χ0n) is 13.1. The third kappa shape index (κ3) is 4.26. The molecule has 0 aliphatic heterocycles. The van der Waals surface area contributed by atoms with Crippen LogP contribution >= 0.6 is 0 Å². The molecule has 0 fully saturated rings. The Kier molecular flexibility index (Phi) is 5.46. The molecule has 0 aliphatic carbocycles. The molecule has 0 saturated carbocycles. The highest BCUT2D eigenvalue weighted by molar-refractivity contribution is 5.90. The molecule has 0 saturated heterocycles. The minimum absolute atomic E-state index is 0.139. The number of halogens is 3. The van der Waals surface area contributed by atoms with E-state index in [2.05, 4.69) is 10.6 Å². The first-order chi connectivity index (χ1) is 11.3. The molecule has 0 bridgehead atoms. The van der Waals surface area contributed by atoms with Gasteiger partial charge in [-0.1, -0.05) is 6.07 Å². The van der Waals surface area contributed by atoms with Crippen LogP contribution < -0.4 is 10.6 Å². The number of benzene rings is 2. The lowest BCUT2D eigenvalue weighted by Gasteiger charge is -2.21. The van der Waals surface area contributed by atoms with E-state index in [9.17, 15) is 23.1 Å². The highest BCUT2D eigenvalue weighted by Crippen LogP contribution is 2.20. The molecule has 2 aromatic carbocycles. The number of nitrogens with one attached hydrogen (secondary N) is 2. The first-order valence-corrected chi connectivity index (χ1v) is 7.24. The minimum Gasteiger partial charge on any atom is -0.386 e. The van der Waals surface area contributed by atoms with Crippen molar-refractivity contribution in [2.24, 2.45) is 0 Å². The predicted molar refractivity (Wildman–Crippen MR) is 84.1 cm³/mol. The Hall–Kier alpha value is -2.54. The summed E-state index contributed by atoms with van der Waals surface area (Å²) in [6.07, 6.45) is -1.22. The maximum atomic E-state index is 13.2. The Balaban J connectivity index is 2.01. The molecule has 3 N–H and O–H groups in total. The summed E-state index contributed by atoms with van der Waals surface area (Å²) in [5.74, 6) is -2.51. The van der Waals surface area contributed by atoms with E-state index in [4.69, 9.17) is 0 Å². The summed E-state index contributed by atoms with van der Waals surface area (Å²) >= 11 is 0. The van der Waals surface area contributed by atoms with E-state index in [0.29, 0.717) is 11.3 Å². The van der Waals surface area contributed by atoms with E-state index < -0.39 is 35.6 Å². The van der Waals surface area contributed by atoms with Gasteiger partial charge in [-0.3, -0.25) is 0 Å². The van der Waals surface area contributed by atoms with Gasteiger partial charge in [0.15, 0.2) is 11.6 Å². The Morgan fingerprint density at radius 2 is 1.79 bits per heavy atom. The van der Waals surface area contributed by atoms with Crippen molar-refractivity contribution in [3.8, 4) is 0 Å². The standard InChI is InChI=1S/C17H17F3N2O2/c1-9-7-12(18)4-6-15(9)22-17(24)21-10(2)16(23)11-3-5-13(19)14(20)8-11/h3-8,10,16,23H,1-2H3,(H2,21,22,24). The van der Waals surface area contributed by atoms with Gasteiger partial charge in [0.25, 0.3) is 0 Å². The molecule has 4 nitrogen and oxygen atoms in total. The zero-order chi connectivity index (χ0) is 17.9. The quantitative estimate of drug-likeness (QED) is 0.797. The van der Waals surface area contributed by atoms with Crippen LogP contribution in [0.1, 0.15) is 24.2 Å². The van der Waals surface area contributed by atoms with Gasteiger partial charge in [0.05, 0.1) is 12.1 Å². The summed E-state index contributed by atoms with van der Waals surface area (Å²) in [7, 11) is 0. The molecule has 128 valence electrons. The summed E-state index contributed by atoms with van der Waals surface area (Å²) in [4.78, 5) is 12.0. The first-order valence-electron chi connectivity index (χ1n) is 7.24. The third-order valence-electron chi connectivity index (χ3n) is 3.55. The first kappa shape index (κ1) is 17.8. The van der Waals surface area contributed by atoms with E-state index in [1.807, 2.05) is 0 Å². The average Bonchev–Trinajstić information content (AvgIpc) is 2.52. The van der Waals surface area contributed by atoms with E-state index in [0.717, 1.165) is 12.1 Å². The number of aryl methyl sites for hydroxylation is 1. The van der Waals surface area contributed by atoms with Gasteiger partial charge in [-0.2, -0.15) is 0 Å². The Bertz CT molecular complexity index is 753. The number of carbonyl (C=O) groups is 1. The molecule has 24 heavy (non-hydrogen) atoms. The van der Waals surface area contributed by atoms with Crippen LogP contribution in [0.25, 0.3) is 0 Å². The number of amides is 2. The van der Waals surface area contributed by atoms with Gasteiger partial charge in [0, 0.05) is 5.69 Å². The van der Waals surface area contributed by atoms with Crippen molar-refractivity contribution >= 4 is 11.7 Å². The predicted octanol–water partition coefficient (Wildman–Crippen LogP) is 3.66. The van der Waals surface area contributed by atoms with Crippen LogP contribution in [0, 0.1) is 24.4 Å². The number of aliphatic hydroxyl groups excluding tert-OH is 1. The summed E-state index contributed by atoms with van der Waals surface area (Å²) in [5, 5.41) is 15.2. The molecular weight excluding hydrogens is 321 g/mol. The van der Waals surface area contributed by atoms with Gasteiger partial charge in [0.1, 0.15) is 5.82 Å². The zero-order valence-corrected chi connectivity index (χ0v) is 13.1. The largest absolute Gasteiger partial charge is 0.386 e. The lowest BCUT2D eigenvalue weighted by atomic mass is 10.0. The topological polar surface area (TPSA) is 61.4 Å². The van der Waals surface area contributed by atoms with Crippen LogP contribution in [-0.4, -0.2) is 17.2 Å². The second kappa shape index (κ2) is 7.35. The van der Waals surface area contributed by atoms with Gasteiger partial charge in [-0.05, 0) is 55.3 Å². The number of rotatable bonds is 4. The molecule has 7 heteroatoms. The fourth-order valence-electron chi connectivity index (χ4n) is 2.20. The number of hydrogen-bond acceptors (Lipinski definition) is 2. The minimum atomic E-state index is -1.22. The average molecular weight is 338 g/mol. The summed E-state index contributed by atoms with van der Waals surface area (Å²) < 4.78 is 39.2. The van der Waals surface area contributed by atoms with Gasteiger partial charge in [0.2, 0.25) is 0 Å². The molecule has 2 rings (SSSR count). The number of hydrogen-bond donors (Lipinski definition) is 3. The molecule has 2 amide bonds. The van der Waals surface area contributed by atoms with Crippen LogP contribution in [0.2, 0.25) is 0 Å². The van der Waals surface area contributed by atoms with Crippen molar-refractivity contribution in [3.63, 3.8) is 0 Å². The molecule has 2 aromatic rings. The van der Waals surface area contributed by atoms with E-state index in [1.165, 1.54) is 31.2 Å². The molecular formula is C17H17F3N2O2. The van der Waals surface area contributed by atoms with Crippen molar-refractivity contribution in [2.75, 3.05) is 5.32 Å². The summed E-state index contributed by atoms with van der Waals surface area (Å²) in [6.45, 7) is 3.15. The highest BCUT2D eigenvalue weighted by atomic mass is 19.2. The fraction of sp³-hybridized carbons (Fsp3) is 0.235. The van der Waals surface area contributed by atoms with Crippen LogP contribution in [0.15, 0.2) is 36.4 Å². The smallest absolute Gasteiger partial charge is 0.319 e. The fourth-order valence-corrected chi connectivity index (χ4v) is 2.20. The molecule has 0 spiro atoms. The van der Waals surface area contributed by atoms with Gasteiger partial charge in [-0.25, -0.2) is 18.0 Å². The van der Waals surface area contributed by atoms with Crippen molar-refractivity contribution in [2.45, 2.75) is 26.0 Å². The maximum absolute atomic E-state index is 13.2. The Morgan fingerprint density at radius 1 is 1.08 bits per heavy atom. The second-order valence-electron chi connectivity index (χ2n) is 5.46. The lowest BCUT2D eigenvalue weighted by Crippen LogP contribution is -2.39. The second-order valence-corrected chi connectivity index (χ2v) is 5.46. The number of anilines is 1. The number of urea groups is 1.